The van der Waals surface area contributed by atoms with Gasteiger partial charge in [-0.25, -0.2) is 0 Å². The minimum absolute atomic E-state index is 0.0556. The van der Waals surface area contributed by atoms with Crippen molar-refractivity contribution in [3.8, 4) is 6.07 Å². The Morgan fingerprint density at radius 3 is 3.14 bits per heavy atom. The Bertz CT molecular complexity index is 279. The maximum Gasteiger partial charge on any atom is 0.113 e. The molecule has 1 aromatic heterocycles. The fraction of sp³-hybridized carbons (Fsp3) is 0.500. The molecular formula is C10H14N2OS. The van der Waals surface area contributed by atoms with Crippen LogP contribution in [0.25, 0.3) is 0 Å². The molecule has 0 saturated carbocycles. The third kappa shape index (κ3) is 3.86. The van der Waals surface area contributed by atoms with Gasteiger partial charge < -0.3 is 9.73 Å². The van der Waals surface area contributed by atoms with Crippen molar-refractivity contribution in [3.63, 3.8) is 0 Å². The Morgan fingerprint density at radius 2 is 2.57 bits per heavy atom. The molecule has 0 fully saturated rings. The molecule has 0 bridgehead atoms. The minimum atomic E-state index is -0.0556. The smallest absolute Gasteiger partial charge is 0.113 e. The summed E-state index contributed by atoms with van der Waals surface area (Å²) >= 11 is 1.70. The van der Waals surface area contributed by atoms with Gasteiger partial charge in [-0.05, 0) is 18.7 Å². The van der Waals surface area contributed by atoms with Gasteiger partial charge in [0, 0.05) is 5.75 Å². The second kappa shape index (κ2) is 6.52. The zero-order valence-electron chi connectivity index (χ0n) is 8.19. The number of nitriles is 1. The van der Waals surface area contributed by atoms with E-state index in [1.807, 2.05) is 19.1 Å². The van der Waals surface area contributed by atoms with E-state index in [0.717, 1.165) is 23.8 Å². The van der Waals surface area contributed by atoms with Gasteiger partial charge in [-0.15, -0.1) is 0 Å². The molecule has 1 heterocycles. The van der Waals surface area contributed by atoms with E-state index in [1.165, 1.54) is 0 Å². The molecule has 1 atom stereocenters. The predicted octanol–water partition coefficient (Wildman–Crippen LogP) is 2.01. The lowest BCUT2D eigenvalue weighted by molar-refractivity contribution is 0.530. The van der Waals surface area contributed by atoms with Gasteiger partial charge in [-0.3, -0.25) is 0 Å². The molecule has 1 unspecified atom stereocenters. The Labute approximate surface area is 88.5 Å². The highest BCUT2D eigenvalue weighted by atomic mass is 32.2. The molecule has 0 radical (unpaired) electrons. The van der Waals surface area contributed by atoms with Crippen molar-refractivity contribution in [2.45, 2.75) is 18.7 Å². The van der Waals surface area contributed by atoms with Crippen LogP contribution in [0.5, 0.6) is 0 Å². The van der Waals surface area contributed by atoms with Crippen LogP contribution < -0.4 is 5.32 Å². The fourth-order valence-corrected chi connectivity index (χ4v) is 1.97. The maximum atomic E-state index is 8.77. The van der Waals surface area contributed by atoms with E-state index in [1.54, 1.807) is 18.0 Å². The Kier molecular flexibility index (Phi) is 5.20. The van der Waals surface area contributed by atoms with E-state index < -0.39 is 0 Å². The molecular weight excluding hydrogens is 196 g/mol. The zero-order chi connectivity index (χ0) is 10.2. The van der Waals surface area contributed by atoms with Crippen LogP contribution in [0.15, 0.2) is 22.8 Å². The summed E-state index contributed by atoms with van der Waals surface area (Å²) in [4.78, 5) is 0. The maximum absolute atomic E-state index is 8.77. The lowest BCUT2D eigenvalue weighted by Crippen LogP contribution is -2.29. The van der Waals surface area contributed by atoms with Gasteiger partial charge in [0.15, 0.2) is 0 Å². The van der Waals surface area contributed by atoms with Crippen molar-refractivity contribution in [2.24, 2.45) is 0 Å². The van der Waals surface area contributed by atoms with Crippen LogP contribution in [-0.4, -0.2) is 18.3 Å². The number of thioether (sulfide) groups is 1. The lowest BCUT2D eigenvalue weighted by Gasteiger charge is -2.07. The number of rotatable bonds is 6. The van der Waals surface area contributed by atoms with Crippen LogP contribution in [-0.2, 0) is 5.75 Å². The van der Waals surface area contributed by atoms with Crippen LogP contribution in [0.1, 0.15) is 12.7 Å². The van der Waals surface area contributed by atoms with E-state index in [-0.39, 0.29) is 6.04 Å². The quantitative estimate of drug-likeness (QED) is 0.780. The van der Waals surface area contributed by atoms with Gasteiger partial charge in [-0.1, -0.05) is 6.92 Å². The number of furan rings is 1. The van der Waals surface area contributed by atoms with Crippen molar-refractivity contribution < 1.29 is 4.42 Å². The van der Waals surface area contributed by atoms with Crippen molar-refractivity contribution in [1.82, 2.24) is 5.32 Å². The van der Waals surface area contributed by atoms with E-state index >= 15 is 0 Å². The third-order valence-corrected chi connectivity index (χ3v) is 2.77. The first-order valence-corrected chi connectivity index (χ1v) is 5.75. The summed E-state index contributed by atoms with van der Waals surface area (Å²) in [5.41, 5.74) is 0. The molecule has 0 aliphatic carbocycles. The fourth-order valence-electron chi connectivity index (χ4n) is 1.06. The molecule has 1 N–H and O–H groups in total. The highest BCUT2D eigenvalue weighted by Crippen LogP contribution is 2.13. The Balaban J connectivity index is 2.17. The average Bonchev–Trinajstić information content (AvgIpc) is 2.69. The summed E-state index contributed by atoms with van der Waals surface area (Å²) in [6.07, 6.45) is 1.67. The molecule has 0 aromatic carbocycles. The first-order valence-electron chi connectivity index (χ1n) is 4.60. The van der Waals surface area contributed by atoms with Gasteiger partial charge in [0.25, 0.3) is 0 Å². The number of hydrogen-bond donors (Lipinski definition) is 1. The van der Waals surface area contributed by atoms with Gasteiger partial charge in [0.2, 0.25) is 0 Å². The SMILES string of the molecule is CCNC(C#N)CSCc1ccco1. The largest absolute Gasteiger partial charge is 0.468 e. The molecule has 0 aliphatic rings. The van der Waals surface area contributed by atoms with Gasteiger partial charge in [-0.2, -0.15) is 17.0 Å². The van der Waals surface area contributed by atoms with Crippen molar-refractivity contribution in [3.05, 3.63) is 24.2 Å². The van der Waals surface area contributed by atoms with Gasteiger partial charge in [0.1, 0.15) is 11.8 Å². The first-order chi connectivity index (χ1) is 6.86. The highest BCUT2D eigenvalue weighted by molar-refractivity contribution is 7.98. The molecule has 76 valence electrons. The standard InChI is InChI=1S/C10H14N2OS/c1-2-12-9(6-11)7-14-8-10-4-3-5-13-10/h3-5,9,12H,2,7-8H2,1H3. The van der Waals surface area contributed by atoms with Crippen LogP contribution >= 0.6 is 11.8 Å². The van der Waals surface area contributed by atoms with Crippen molar-refractivity contribution in [1.29, 1.82) is 5.26 Å². The minimum Gasteiger partial charge on any atom is -0.468 e. The molecule has 0 aliphatic heterocycles. The summed E-state index contributed by atoms with van der Waals surface area (Å²) in [5.74, 6) is 2.59. The summed E-state index contributed by atoms with van der Waals surface area (Å²) in [6.45, 7) is 2.83. The first kappa shape index (κ1) is 11.2. The summed E-state index contributed by atoms with van der Waals surface area (Å²) in [6, 6.07) is 5.99. The summed E-state index contributed by atoms with van der Waals surface area (Å²) in [7, 11) is 0. The van der Waals surface area contributed by atoms with E-state index in [2.05, 4.69) is 11.4 Å². The number of nitrogens with zero attached hydrogens (tertiary/aromatic N) is 1. The van der Waals surface area contributed by atoms with Gasteiger partial charge in [0.05, 0.1) is 18.1 Å². The molecule has 0 saturated heterocycles. The number of hydrogen-bond acceptors (Lipinski definition) is 4. The second-order valence-electron chi connectivity index (χ2n) is 2.83. The average molecular weight is 210 g/mol. The molecule has 0 spiro atoms. The summed E-state index contributed by atoms with van der Waals surface area (Å²) < 4.78 is 5.18. The van der Waals surface area contributed by atoms with E-state index in [4.69, 9.17) is 9.68 Å². The van der Waals surface area contributed by atoms with Crippen LogP contribution in [0.4, 0.5) is 0 Å². The molecule has 4 heteroatoms. The second-order valence-corrected chi connectivity index (χ2v) is 3.86. The Morgan fingerprint density at radius 1 is 1.71 bits per heavy atom. The predicted molar refractivity (Wildman–Crippen MR) is 57.9 cm³/mol. The van der Waals surface area contributed by atoms with Gasteiger partial charge >= 0.3 is 0 Å². The molecule has 1 aromatic rings. The molecule has 3 nitrogen and oxygen atoms in total. The normalized spacial score (nSPS) is 12.3. The van der Waals surface area contributed by atoms with Crippen molar-refractivity contribution in [2.75, 3.05) is 12.3 Å². The zero-order valence-corrected chi connectivity index (χ0v) is 9.01. The van der Waals surface area contributed by atoms with Crippen LogP contribution in [0.2, 0.25) is 0 Å². The molecule has 1 rings (SSSR count). The third-order valence-electron chi connectivity index (χ3n) is 1.72. The van der Waals surface area contributed by atoms with Crippen LogP contribution in [0.3, 0.4) is 0 Å². The van der Waals surface area contributed by atoms with Crippen molar-refractivity contribution >= 4 is 11.8 Å². The van der Waals surface area contributed by atoms with E-state index in [0.29, 0.717) is 0 Å². The number of nitrogens with one attached hydrogen (secondary N) is 1. The monoisotopic (exact) mass is 210 g/mol. The van der Waals surface area contributed by atoms with Crippen LogP contribution in [0, 0.1) is 11.3 Å². The molecule has 14 heavy (non-hydrogen) atoms. The summed E-state index contributed by atoms with van der Waals surface area (Å²) in [5, 5.41) is 11.9. The topological polar surface area (TPSA) is 49.0 Å². The highest BCUT2D eigenvalue weighted by Gasteiger charge is 2.05. The van der Waals surface area contributed by atoms with E-state index in [9.17, 15) is 0 Å². The Hall–Kier alpha value is -0.920. The molecule has 0 amide bonds. The lowest BCUT2D eigenvalue weighted by atomic mass is 10.4.